The number of hydrogen-bond acceptors (Lipinski definition) is 8. The molecule has 0 aliphatic heterocycles. The van der Waals surface area contributed by atoms with Gasteiger partial charge in [-0.1, -0.05) is 18.2 Å². The van der Waals surface area contributed by atoms with E-state index in [-0.39, 0.29) is 25.7 Å². The van der Waals surface area contributed by atoms with Crippen LogP contribution in [0.3, 0.4) is 0 Å². The van der Waals surface area contributed by atoms with Gasteiger partial charge in [-0.2, -0.15) is 0 Å². The van der Waals surface area contributed by atoms with E-state index in [2.05, 4.69) is 30.9 Å². The first-order valence-electron chi connectivity index (χ1n) is 12.8. The predicted molar refractivity (Wildman–Crippen MR) is 146 cm³/mol. The third-order valence-electron chi connectivity index (χ3n) is 6.46. The lowest BCUT2D eigenvalue weighted by atomic mass is 10.0. The molecule has 41 heavy (non-hydrogen) atoms. The van der Waals surface area contributed by atoms with E-state index >= 15 is 0 Å². The van der Waals surface area contributed by atoms with Crippen LogP contribution < -0.4 is 27.4 Å². The van der Waals surface area contributed by atoms with Crippen molar-refractivity contribution < 1.29 is 34.2 Å². The number of aromatic amines is 2. The highest BCUT2D eigenvalue weighted by Gasteiger charge is 2.32. The zero-order valence-corrected chi connectivity index (χ0v) is 22.3. The summed E-state index contributed by atoms with van der Waals surface area (Å²) >= 11 is 0. The lowest BCUT2D eigenvalue weighted by molar-refractivity contribution is -0.142. The van der Waals surface area contributed by atoms with Crippen molar-refractivity contribution in [2.75, 3.05) is 0 Å². The average Bonchev–Trinajstić information content (AvgIpc) is 3.59. The molecule has 0 saturated heterocycles. The second kappa shape index (κ2) is 14.0. The first kappa shape index (κ1) is 30.8. The Labute approximate surface area is 234 Å². The van der Waals surface area contributed by atoms with Gasteiger partial charge in [-0.05, 0) is 25.0 Å². The second-order valence-electron chi connectivity index (χ2n) is 9.64. The molecule has 2 aromatic heterocycles. The molecule has 2 heterocycles. The van der Waals surface area contributed by atoms with Crippen LogP contribution in [0.15, 0.2) is 43.0 Å². The van der Waals surface area contributed by atoms with Crippen molar-refractivity contribution in [2.24, 2.45) is 11.5 Å². The Morgan fingerprint density at radius 1 is 0.951 bits per heavy atom. The summed E-state index contributed by atoms with van der Waals surface area (Å²) in [5.41, 5.74) is 12.9. The van der Waals surface area contributed by atoms with Crippen LogP contribution in [0.4, 0.5) is 0 Å². The number of aliphatic carboxylic acids is 1. The maximum absolute atomic E-state index is 13.3. The van der Waals surface area contributed by atoms with Crippen molar-refractivity contribution in [2.45, 2.75) is 62.9 Å². The molecule has 11 N–H and O–H groups in total. The Balaban J connectivity index is 1.78. The maximum atomic E-state index is 13.3. The lowest BCUT2D eigenvalue weighted by Crippen LogP contribution is -2.58. The summed E-state index contributed by atoms with van der Waals surface area (Å²) < 4.78 is 0. The second-order valence-corrected chi connectivity index (χ2v) is 9.64. The Morgan fingerprint density at radius 2 is 1.61 bits per heavy atom. The van der Waals surface area contributed by atoms with Crippen LogP contribution in [0.5, 0.6) is 0 Å². The number of para-hydroxylation sites is 1. The van der Waals surface area contributed by atoms with Crippen LogP contribution in [0.25, 0.3) is 10.9 Å². The minimum atomic E-state index is -1.37. The molecule has 5 unspecified atom stereocenters. The number of carboxylic acid groups (broad SMARTS) is 1. The van der Waals surface area contributed by atoms with E-state index in [1.54, 1.807) is 12.3 Å². The highest BCUT2D eigenvalue weighted by atomic mass is 16.4. The summed E-state index contributed by atoms with van der Waals surface area (Å²) in [5, 5.41) is 27.6. The van der Waals surface area contributed by atoms with Gasteiger partial charge in [0.05, 0.1) is 12.4 Å². The summed E-state index contributed by atoms with van der Waals surface area (Å²) in [7, 11) is 0. The van der Waals surface area contributed by atoms with Crippen molar-refractivity contribution in [1.82, 2.24) is 30.9 Å². The normalized spacial score (nSPS) is 14.8. The summed E-state index contributed by atoms with van der Waals surface area (Å²) in [6, 6.07) is 1.94. The van der Waals surface area contributed by atoms with Crippen LogP contribution in [0, 0.1) is 0 Å². The van der Waals surface area contributed by atoms with Crippen molar-refractivity contribution in [3.63, 3.8) is 0 Å². The third-order valence-corrected chi connectivity index (χ3v) is 6.46. The average molecular weight is 571 g/mol. The van der Waals surface area contributed by atoms with E-state index in [0.29, 0.717) is 11.3 Å². The molecule has 0 saturated carbocycles. The number of primary amides is 1. The number of fused-ring (bicyclic) bond motifs is 1. The van der Waals surface area contributed by atoms with Gasteiger partial charge in [-0.15, -0.1) is 0 Å². The summed E-state index contributed by atoms with van der Waals surface area (Å²) in [5.74, 6) is -4.54. The zero-order chi connectivity index (χ0) is 30.1. The number of carbonyl (C=O) groups is 5. The number of hydrogen-bond donors (Lipinski definition) is 9. The van der Waals surface area contributed by atoms with E-state index in [9.17, 15) is 34.2 Å². The molecule has 3 aromatic rings. The van der Waals surface area contributed by atoms with Gasteiger partial charge in [-0.25, -0.2) is 9.78 Å². The van der Waals surface area contributed by atoms with Crippen LogP contribution in [-0.4, -0.2) is 85.0 Å². The molecule has 0 aliphatic rings. The smallest absolute Gasteiger partial charge is 0.326 e. The minimum absolute atomic E-state index is 0.0582. The number of carboxylic acids is 1. The predicted octanol–water partition coefficient (Wildman–Crippen LogP) is -1.81. The number of nitrogens with zero attached hydrogens (tertiary/aromatic N) is 1. The molecule has 0 bridgehead atoms. The first-order chi connectivity index (χ1) is 19.5. The van der Waals surface area contributed by atoms with E-state index in [0.717, 1.165) is 10.9 Å². The fourth-order valence-electron chi connectivity index (χ4n) is 4.13. The maximum Gasteiger partial charge on any atom is 0.326 e. The molecule has 15 heteroatoms. The largest absolute Gasteiger partial charge is 0.480 e. The molecule has 5 atom stereocenters. The quantitative estimate of drug-likeness (QED) is 0.0995. The highest BCUT2D eigenvalue weighted by Crippen LogP contribution is 2.19. The number of aromatic nitrogens is 3. The topological polar surface area (TPSA) is 258 Å². The molecule has 0 fully saturated rings. The Bertz CT molecular complexity index is 1370. The Hall–Kier alpha value is -4.76. The number of aliphatic hydroxyl groups is 1. The molecule has 220 valence electrons. The molecule has 3 rings (SSSR count). The van der Waals surface area contributed by atoms with Gasteiger partial charge in [0.15, 0.2) is 0 Å². The van der Waals surface area contributed by atoms with Crippen LogP contribution in [0.2, 0.25) is 0 Å². The van der Waals surface area contributed by atoms with Gasteiger partial charge >= 0.3 is 5.97 Å². The van der Waals surface area contributed by atoms with E-state index in [1.165, 1.54) is 19.4 Å². The molecule has 15 nitrogen and oxygen atoms in total. The highest BCUT2D eigenvalue weighted by molar-refractivity contribution is 5.95. The fourth-order valence-corrected chi connectivity index (χ4v) is 4.13. The molecule has 0 radical (unpaired) electrons. The van der Waals surface area contributed by atoms with Gasteiger partial charge in [0.25, 0.3) is 0 Å². The first-order valence-corrected chi connectivity index (χ1v) is 12.8. The summed E-state index contributed by atoms with van der Waals surface area (Å²) in [4.78, 5) is 72.3. The standard InChI is InChI=1S/C26H34N8O7/c1-13(35)22(28)25(39)33-19(9-15-11-29-12-31-15)24(38)32-18(6-7-21(27)36)23(37)34-20(26(40)41)8-14-10-30-17-5-3-2-4-16(14)17/h2-5,10-13,18-20,22,30,35H,6-9,28H2,1H3,(H2,27,36)(H,29,31)(H,32,38)(H,33,39)(H,34,37)(H,40,41). The number of nitrogens with one attached hydrogen (secondary N) is 5. The van der Waals surface area contributed by atoms with E-state index < -0.39 is 59.9 Å². The molecular weight excluding hydrogens is 536 g/mol. The SMILES string of the molecule is CC(O)C(N)C(=O)NC(Cc1cnc[nH]1)C(=O)NC(CCC(N)=O)C(=O)NC(Cc1c[nH]c2ccccc12)C(=O)O. The number of rotatable bonds is 15. The van der Waals surface area contributed by atoms with Crippen molar-refractivity contribution in [3.05, 3.63) is 54.2 Å². The lowest BCUT2D eigenvalue weighted by Gasteiger charge is -2.25. The van der Waals surface area contributed by atoms with Crippen LogP contribution >= 0.6 is 0 Å². The summed E-state index contributed by atoms with van der Waals surface area (Å²) in [6.07, 6.45) is 2.60. The Kier molecular flexibility index (Phi) is 10.5. The van der Waals surface area contributed by atoms with Gasteiger partial charge in [0.2, 0.25) is 23.6 Å². The fraction of sp³-hybridized carbons (Fsp3) is 0.385. The Morgan fingerprint density at radius 3 is 2.24 bits per heavy atom. The van der Waals surface area contributed by atoms with Crippen LogP contribution in [0.1, 0.15) is 31.0 Å². The molecular formula is C26H34N8O7. The summed E-state index contributed by atoms with van der Waals surface area (Å²) in [6.45, 7) is 1.31. The molecule has 0 spiro atoms. The van der Waals surface area contributed by atoms with Gasteiger partial charge < -0.3 is 47.6 Å². The van der Waals surface area contributed by atoms with Crippen molar-refractivity contribution in [3.8, 4) is 0 Å². The van der Waals surface area contributed by atoms with Gasteiger partial charge in [0, 0.05) is 48.3 Å². The third kappa shape index (κ3) is 8.61. The number of amides is 4. The molecule has 1 aromatic carbocycles. The van der Waals surface area contributed by atoms with Crippen molar-refractivity contribution in [1.29, 1.82) is 0 Å². The number of carbonyl (C=O) groups excluding carboxylic acids is 4. The van der Waals surface area contributed by atoms with Crippen LogP contribution in [-0.2, 0) is 36.8 Å². The monoisotopic (exact) mass is 570 g/mol. The van der Waals surface area contributed by atoms with E-state index in [1.807, 2.05) is 18.2 Å². The zero-order valence-electron chi connectivity index (χ0n) is 22.3. The van der Waals surface area contributed by atoms with Crippen molar-refractivity contribution >= 4 is 40.5 Å². The number of imidazole rings is 1. The van der Waals surface area contributed by atoms with Gasteiger partial charge in [0.1, 0.15) is 24.2 Å². The number of aliphatic hydroxyl groups excluding tert-OH is 1. The number of benzene rings is 1. The molecule has 4 amide bonds. The number of H-pyrrole nitrogens is 2. The minimum Gasteiger partial charge on any atom is -0.480 e. The number of nitrogens with two attached hydrogens (primary N) is 2. The van der Waals surface area contributed by atoms with E-state index in [4.69, 9.17) is 11.5 Å². The molecule has 0 aliphatic carbocycles. The van der Waals surface area contributed by atoms with Gasteiger partial charge in [-0.3, -0.25) is 19.2 Å².